The van der Waals surface area contributed by atoms with Crippen LogP contribution in [-0.4, -0.2) is 39.5 Å². The van der Waals surface area contributed by atoms with Crippen LogP contribution in [0.5, 0.6) is 0 Å². The van der Waals surface area contributed by atoms with Crippen molar-refractivity contribution in [2.75, 3.05) is 26.2 Å². The molecule has 114 valence electrons. The molecule has 0 amide bonds. The smallest absolute Gasteiger partial charge is 0.215 e. The number of rotatable bonds is 6. The molecular formula is C15H21N3O2S. The second-order valence-electron chi connectivity index (χ2n) is 5.46. The van der Waals surface area contributed by atoms with Gasteiger partial charge in [-0.15, -0.1) is 0 Å². The molecule has 0 aromatic heterocycles. The van der Waals surface area contributed by atoms with Gasteiger partial charge in [-0.25, -0.2) is 13.1 Å². The number of hydrogen-bond acceptors (Lipinski definition) is 4. The number of sulfonamides is 1. The van der Waals surface area contributed by atoms with Gasteiger partial charge >= 0.3 is 0 Å². The van der Waals surface area contributed by atoms with Crippen molar-refractivity contribution in [2.45, 2.75) is 19.1 Å². The molecule has 1 fully saturated rings. The first-order valence-electron chi connectivity index (χ1n) is 7.21. The number of nitriles is 1. The molecule has 0 aliphatic carbocycles. The van der Waals surface area contributed by atoms with E-state index in [-0.39, 0.29) is 5.75 Å². The zero-order valence-electron chi connectivity index (χ0n) is 12.2. The summed E-state index contributed by atoms with van der Waals surface area (Å²) in [6.07, 6.45) is 1.05. The van der Waals surface area contributed by atoms with Gasteiger partial charge in [0.25, 0.3) is 0 Å². The van der Waals surface area contributed by atoms with Crippen LogP contribution >= 0.6 is 0 Å². The van der Waals surface area contributed by atoms with Gasteiger partial charge in [-0.1, -0.05) is 19.1 Å². The fourth-order valence-corrected chi connectivity index (χ4v) is 3.78. The van der Waals surface area contributed by atoms with Crippen LogP contribution in [0.1, 0.15) is 24.5 Å². The minimum absolute atomic E-state index is 0.0388. The molecule has 1 aromatic rings. The molecule has 21 heavy (non-hydrogen) atoms. The molecule has 0 radical (unpaired) electrons. The van der Waals surface area contributed by atoms with Gasteiger partial charge in [0.2, 0.25) is 10.0 Å². The average molecular weight is 307 g/mol. The normalized spacial score (nSPS) is 19.5. The van der Waals surface area contributed by atoms with Gasteiger partial charge in [0, 0.05) is 13.1 Å². The summed E-state index contributed by atoms with van der Waals surface area (Å²) in [4.78, 5) is 2.33. The molecule has 1 heterocycles. The zero-order chi connectivity index (χ0) is 15.3. The lowest BCUT2D eigenvalue weighted by molar-refractivity contribution is 0.342. The van der Waals surface area contributed by atoms with Gasteiger partial charge in [0.05, 0.1) is 17.4 Å². The molecule has 0 spiro atoms. The monoisotopic (exact) mass is 307 g/mol. The van der Waals surface area contributed by atoms with Crippen molar-refractivity contribution in [1.82, 2.24) is 9.62 Å². The predicted molar refractivity (Wildman–Crippen MR) is 82.0 cm³/mol. The summed E-state index contributed by atoms with van der Waals surface area (Å²) >= 11 is 0. The van der Waals surface area contributed by atoms with Crippen molar-refractivity contribution in [1.29, 1.82) is 5.26 Å². The lowest BCUT2D eigenvalue weighted by Gasteiger charge is -2.14. The number of nitrogens with zero attached hydrogens (tertiary/aromatic N) is 2. The van der Waals surface area contributed by atoms with Gasteiger partial charge in [0.1, 0.15) is 0 Å². The van der Waals surface area contributed by atoms with Crippen molar-refractivity contribution in [2.24, 2.45) is 5.92 Å². The highest BCUT2D eigenvalue weighted by Crippen LogP contribution is 2.15. The Bertz CT molecular complexity index is 605. The molecule has 1 aliphatic rings. The van der Waals surface area contributed by atoms with Crippen molar-refractivity contribution in [3.63, 3.8) is 0 Å². The third kappa shape index (κ3) is 4.81. The lowest BCUT2D eigenvalue weighted by atomic mass is 10.1. The molecule has 6 heteroatoms. The van der Waals surface area contributed by atoms with E-state index in [0.717, 1.165) is 26.1 Å². The van der Waals surface area contributed by atoms with Crippen LogP contribution in [0.3, 0.4) is 0 Å². The highest BCUT2D eigenvalue weighted by atomic mass is 32.2. The summed E-state index contributed by atoms with van der Waals surface area (Å²) in [5.41, 5.74) is 1.23. The van der Waals surface area contributed by atoms with Gasteiger partial charge in [-0.2, -0.15) is 5.26 Å². The number of nitrogens with one attached hydrogen (secondary N) is 1. The van der Waals surface area contributed by atoms with Crippen LogP contribution in [-0.2, 0) is 15.8 Å². The van der Waals surface area contributed by atoms with Gasteiger partial charge in [-0.05, 0) is 43.1 Å². The number of likely N-dealkylation sites (tertiary alicyclic amines) is 1. The number of benzene rings is 1. The van der Waals surface area contributed by atoms with Crippen LogP contribution in [0, 0.1) is 17.2 Å². The number of hydrogen-bond donors (Lipinski definition) is 1. The van der Waals surface area contributed by atoms with Gasteiger partial charge in [0.15, 0.2) is 0 Å². The summed E-state index contributed by atoms with van der Waals surface area (Å²) in [6, 6.07) is 8.67. The molecular weight excluding hydrogens is 286 g/mol. The third-order valence-corrected chi connectivity index (χ3v) is 5.17. The van der Waals surface area contributed by atoms with E-state index in [1.54, 1.807) is 24.3 Å². The topological polar surface area (TPSA) is 73.2 Å². The molecule has 1 saturated heterocycles. The molecule has 5 nitrogen and oxygen atoms in total. The summed E-state index contributed by atoms with van der Waals surface area (Å²) in [7, 11) is -3.32. The Labute approximate surface area is 126 Å². The molecule has 1 aliphatic heterocycles. The van der Waals surface area contributed by atoms with Crippen molar-refractivity contribution >= 4 is 10.0 Å². The van der Waals surface area contributed by atoms with Crippen molar-refractivity contribution in [3.8, 4) is 6.07 Å². The minimum atomic E-state index is -3.32. The largest absolute Gasteiger partial charge is 0.303 e. The van der Waals surface area contributed by atoms with E-state index < -0.39 is 10.0 Å². The Balaban J connectivity index is 1.85. The van der Waals surface area contributed by atoms with Crippen molar-refractivity contribution < 1.29 is 8.42 Å². The molecule has 1 atom stereocenters. The average Bonchev–Trinajstić information content (AvgIpc) is 2.94. The first kappa shape index (κ1) is 16.0. The zero-order valence-corrected chi connectivity index (χ0v) is 13.1. The second kappa shape index (κ2) is 7.03. The van der Waals surface area contributed by atoms with Crippen LogP contribution in [0.4, 0.5) is 0 Å². The van der Waals surface area contributed by atoms with Crippen LogP contribution in [0.25, 0.3) is 0 Å². The van der Waals surface area contributed by atoms with E-state index in [4.69, 9.17) is 5.26 Å². The van der Waals surface area contributed by atoms with E-state index in [1.165, 1.54) is 0 Å². The van der Waals surface area contributed by atoms with Crippen LogP contribution in [0.2, 0.25) is 0 Å². The van der Waals surface area contributed by atoms with Crippen LogP contribution in [0.15, 0.2) is 24.3 Å². The fourth-order valence-electron chi connectivity index (χ4n) is 2.56. The van der Waals surface area contributed by atoms with E-state index >= 15 is 0 Å². The molecule has 1 N–H and O–H groups in total. The predicted octanol–water partition coefficient (Wildman–Crippen LogP) is 1.32. The minimum Gasteiger partial charge on any atom is -0.303 e. The lowest BCUT2D eigenvalue weighted by Crippen LogP contribution is -2.31. The Hall–Kier alpha value is -1.42. The SMILES string of the molecule is CCN1CCC(CNS(=O)(=O)Cc2ccc(C#N)cc2)C1. The maximum Gasteiger partial charge on any atom is 0.215 e. The first-order chi connectivity index (χ1) is 10.0. The summed E-state index contributed by atoms with van der Waals surface area (Å²) < 4.78 is 26.8. The highest BCUT2D eigenvalue weighted by molar-refractivity contribution is 7.88. The summed E-state index contributed by atoms with van der Waals surface area (Å²) in [5.74, 6) is 0.365. The van der Waals surface area contributed by atoms with Gasteiger partial charge < -0.3 is 4.90 Å². The summed E-state index contributed by atoms with van der Waals surface area (Å²) in [5, 5.41) is 8.72. The third-order valence-electron chi connectivity index (χ3n) is 3.85. The second-order valence-corrected chi connectivity index (χ2v) is 7.27. The fraction of sp³-hybridized carbons (Fsp3) is 0.533. The molecule has 2 rings (SSSR count). The van der Waals surface area contributed by atoms with E-state index in [2.05, 4.69) is 16.5 Å². The maximum atomic E-state index is 12.1. The van der Waals surface area contributed by atoms with Crippen LogP contribution < -0.4 is 4.72 Å². The molecule has 1 aromatic carbocycles. The Morgan fingerprint density at radius 3 is 2.67 bits per heavy atom. The summed E-state index contributed by atoms with van der Waals surface area (Å²) in [6.45, 7) is 5.68. The Kier molecular flexibility index (Phi) is 5.34. The Morgan fingerprint density at radius 2 is 2.10 bits per heavy atom. The van der Waals surface area contributed by atoms with E-state index in [9.17, 15) is 8.42 Å². The molecule has 0 bridgehead atoms. The van der Waals surface area contributed by atoms with Crippen molar-refractivity contribution in [3.05, 3.63) is 35.4 Å². The standard InChI is InChI=1S/C15H21N3O2S/c1-2-18-8-7-15(11-18)10-17-21(19,20)12-14-5-3-13(9-16)4-6-14/h3-6,15,17H,2,7-8,10-12H2,1H3. The maximum absolute atomic E-state index is 12.1. The van der Waals surface area contributed by atoms with E-state index in [1.807, 2.05) is 6.07 Å². The quantitative estimate of drug-likeness (QED) is 0.860. The highest BCUT2D eigenvalue weighted by Gasteiger charge is 2.22. The Morgan fingerprint density at radius 1 is 1.38 bits per heavy atom. The van der Waals surface area contributed by atoms with E-state index in [0.29, 0.717) is 23.6 Å². The first-order valence-corrected chi connectivity index (χ1v) is 8.86. The molecule has 0 saturated carbocycles. The molecule has 1 unspecified atom stereocenters. The van der Waals surface area contributed by atoms with Gasteiger partial charge in [-0.3, -0.25) is 0 Å².